The quantitative estimate of drug-likeness (QED) is 0.848. The molecule has 2 aromatic carbocycles. The highest BCUT2D eigenvalue weighted by atomic mass is 16.5. The maximum absolute atomic E-state index is 11.1. The first-order chi connectivity index (χ1) is 12.3. The van der Waals surface area contributed by atoms with Gasteiger partial charge in [-0.1, -0.05) is 30.3 Å². The van der Waals surface area contributed by atoms with Crippen LogP contribution in [-0.4, -0.2) is 23.3 Å². The second kappa shape index (κ2) is 5.70. The highest BCUT2D eigenvalue weighted by Crippen LogP contribution is 2.46. The SMILES string of the molecule is CC1(C)Cc2cc(NC=O)c3c(c2C(c2ccccc2)=N1)CC(C)(C)O3. The van der Waals surface area contributed by atoms with Gasteiger partial charge in [-0.05, 0) is 45.7 Å². The molecular weight excluding hydrogens is 324 g/mol. The highest BCUT2D eigenvalue weighted by Gasteiger charge is 2.39. The largest absolute Gasteiger partial charge is 0.485 e. The molecule has 0 saturated heterocycles. The molecule has 0 saturated carbocycles. The lowest BCUT2D eigenvalue weighted by Crippen LogP contribution is -2.30. The van der Waals surface area contributed by atoms with Crippen molar-refractivity contribution in [2.45, 2.75) is 51.7 Å². The van der Waals surface area contributed by atoms with Gasteiger partial charge in [-0.15, -0.1) is 0 Å². The summed E-state index contributed by atoms with van der Waals surface area (Å²) in [5.74, 6) is 0.782. The molecule has 2 aliphatic rings. The number of carbonyl (C=O) groups is 1. The van der Waals surface area contributed by atoms with Crippen LogP contribution in [0.2, 0.25) is 0 Å². The smallest absolute Gasteiger partial charge is 0.211 e. The van der Waals surface area contributed by atoms with E-state index >= 15 is 0 Å². The second-order valence-electron chi connectivity index (χ2n) is 8.38. The van der Waals surface area contributed by atoms with Crippen molar-refractivity contribution in [3.05, 3.63) is 58.7 Å². The van der Waals surface area contributed by atoms with E-state index in [0.29, 0.717) is 0 Å². The van der Waals surface area contributed by atoms with Crippen molar-refractivity contribution in [3.8, 4) is 5.75 Å². The maximum atomic E-state index is 11.1. The topological polar surface area (TPSA) is 50.7 Å². The molecule has 4 nitrogen and oxygen atoms in total. The first kappa shape index (κ1) is 16.8. The third-order valence-electron chi connectivity index (χ3n) is 4.98. The van der Waals surface area contributed by atoms with Gasteiger partial charge >= 0.3 is 0 Å². The Bertz CT molecular complexity index is 911. The normalized spacial score (nSPS) is 19.0. The number of aliphatic imine (C=N–C) groups is 1. The summed E-state index contributed by atoms with van der Waals surface area (Å²) in [6.07, 6.45) is 2.35. The van der Waals surface area contributed by atoms with E-state index in [0.717, 1.165) is 47.5 Å². The molecule has 0 atom stereocenters. The van der Waals surface area contributed by atoms with Gasteiger partial charge in [-0.2, -0.15) is 0 Å². The first-order valence-corrected chi connectivity index (χ1v) is 9.03. The Balaban J connectivity index is 1.99. The summed E-state index contributed by atoms with van der Waals surface area (Å²) >= 11 is 0. The lowest BCUT2D eigenvalue weighted by atomic mass is 9.81. The molecule has 2 aliphatic heterocycles. The summed E-state index contributed by atoms with van der Waals surface area (Å²) < 4.78 is 6.20. The number of nitrogens with zero attached hydrogens (tertiary/aromatic N) is 1. The van der Waals surface area contributed by atoms with Gasteiger partial charge in [-0.25, -0.2) is 0 Å². The van der Waals surface area contributed by atoms with Crippen molar-refractivity contribution in [2.24, 2.45) is 4.99 Å². The number of carbonyl (C=O) groups excluding carboxylic acids is 1. The summed E-state index contributed by atoms with van der Waals surface area (Å²) in [4.78, 5) is 16.2. The lowest BCUT2D eigenvalue weighted by molar-refractivity contribution is -0.105. The van der Waals surface area contributed by atoms with Gasteiger partial charge in [0, 0.05) is 23.1 Å². The third kappa shape index (κ3) is 2.79. The average molecular weight is 348 g/mol. The van der Waals surface area contributed by atoms with E-state index in [2.05, 4.69) is 51.2 Å². The lowest BCUT2D eigenvalue weighted by Gasteiger charge is -2.31. The van der Waals surface area contributed by atoms with Crippen LogP contribution in [0.4, 0.5) is 5.69 Å². The molecule has 0 unspecified atom stereocenters. The number of benzene rings is 2. The van der Waals surface area contributed by atoms with Crippen molar-refractivity contribution >= 4 is 17.8 Å². The Labute approximate surface area is 154 Å². The van der Waals surface area contributed by atoms with Crippen molar-refractivity contribution in [3.63, 3.8) is 0 Å². The zero-order valence-corrected chi connectivity index (χ0v) is 15.7. The Hall–Kier alpha value is -2.62. The summed E-state index contributed by atoms with van der Waals surface area (Å²) in [6.45, 7) is 8.46. The minimum Gasteiger partial charge on any atom is -0.485 e. The fraction of sp³-hybridized carbons (Fsp3) is 0.364. The van der Waals surface area contributed by atoms with Crippen molar-refractivity contribution in [1.29, 1.82) is 0 Å². The van der Waals surface area contributed by atoms with E-state index < -0.39 is 0 Å². The van der Waals surface area contributed by atoms with Gasteiger partial charge in [0.25, 0.3) is 0 Å². The Kier molecular flexibility index (Phi) is 3.69. The molecule has 0 fully saturated rings. The summed E-state index contributed by atoms with van der Waals surface area (Å²) in [7, 11) is 0. The number of anilines is 1. The average Bonchev–Trinajstić information content (AvgIpc) is 2.89. The Morgan fingerprint density at radius 3 is 2.54 bits per heavy atom. The molecule has 1 N–H and O–H groups in total. The van der Waals surface area contributed by atoms with E-state index in [1.54, 1.807) is 0 Å². The number of fused-ring (bicyclic) bond motifs is 3. The first-order valence-electron chi connectivity index (χ1n) is 9.03. The van der Waals surface area contributed by atoms with Crippen LogP contribution in [0.1, 0.15) is 49.9 Å². The summed E-state index contributed by atoms with van der Waals surface area (Å²) in [5.41, 5.74) is 5.93. The van der Waals surface area contributed by atoms with Crippen molar-refractivity contribution in [2.75, 3.05) is 5.32 Å². The molecule has 26 heavy (non-hydrogen) atoms. The molecule has 2 heterocycles. The van der Waals surface area contributed by atoms with Gasteiger partial charge in [0.05, 0.1) is 16.9 Å². The molecule has 1 amide bonds. The Morgan fingerprint density at radius 1 is 1.12 bits per heavy atom. The van der Waals surface area contributed by atoms with Crippen molar-refractivity contribution in [1.82, 2.24) is 0 Å². The molecular formula is C22H24N2O2. The van der Waals surface area contributed by atoms with E-state index in [1.807, 2.05) is 18.2 Å². The molecule has 4 rings (SSSR count). The van der Waals surface area contributed by atoms with Gasteiger partial charge in [0.15, 0.2) is 0 Å². The second-order valence-corrected chi connectivity index (χ2v) is 8.38. The Morgan fingerprint density at radius 2 is 1.85 bits per heavy atom. The van der Waals surface area contributed by atoms with E-state index in [4.69, 9.17) is 9.73 Å². The molecule has 2 aromatic rings. The number of amides is 1. The van der Waals surface area contributed by atoms with Gasteiger partial charge in [-0.3, -0.25) is 9.79 Å². The number of ether oxygens (including phenoxy) is 1. The van der Waals surface area contributed by atoms with Crippen LogP contribution in [0.25, 0.3) is 0 Å². The molecule has 0 aromatic heterocycles. The maximum Gasteiger partial charge on any atom is 0.211 e. The van der Waals surface area contributed by atoms with E-state index in [-0.39, 0.29) is 11.1 Å². The molecule has 0 radical (unpaired) electrons. The highest BCUT2D eigenvalue weighted by molar-refractivity contribution is 6.16. The number of hydrogen-bond acceptors (Lipinski definition) is 3. The van der Waals surface area contributed by atoms with Crippen LogP contribution in [0, 0.1) is 0 Å². The number of rotatable bonds is 3. The molecule has 0 spiro atoms. The zero-order chi connectivity index (χ0) is 18.5. The fourth-order valence-electron chi connectivity index (χ4n) is 4.08. The van der Waals surface area contributed by atoms with Crippen LogP contribution in [0.5, 0.6) is 5.75 Å². The third-order valence-corrected chi connectivity index (χ3v) is 4.98. The summed E-state index contributed by atoms with van der Waals surface area (Å²) in [6, 6.07) is 12.4. The number of hydrogen-bond donors (Lipinski definition) is 1. The molecule has 0 bridgehead atoms. The van der Waals surface area contributed by atoms with Gasteiger partial charge in [0.2, 0.25) is 6.41 Å². The number of nitrogens with one attached hydrogen (secondary N) is 1. The minimum atomic E-state index is -0.300. The standard InChI is InChI=1S/C22H24N2O2/c1-21(2)11-15-10-17(23-13-25)20-16(12-22(3,4)26-20)18(15)19(24-21)14-8-6-5-7-9-14/h5-10,13H,11-12H2,1-4H3,(H,23,25). The van der Waals surface area contributed by atoms with Gasteiger partial charge < -0.3 is 10.1 Å². The van der Waals surface area contributed by atoms with Crippen LogP contribution >= 0.6 is 0 Å². The molecule has 0 aliphatic carbocycles. The zero-order valence-electron chi connectivity index (χ0n) is 15.7. The van der Waals surface area contributed by atoms with E-state index in [9.17, 15) is 4.79 Å². The molecule has 134 valence electrons. The van der Waals surface area contributed by atoms with Crippen LogP contribution in [0.3, 0.4) is 0 Å². The monoisotopic (exact) mass is 348 g/mol. The van der Waals surface area contributed by atoms with E-state index in [1.165, 1.54) is 11.1 Å². The summed E-state index contributed by atoms with van der Waals surface area (Å²) in [5, 5.41) is 2.83. The predicted molar refractivity (Wildman–Crippen MR) is 104 cm³/mol. The van der Waals surface area contributed by atoms with Crippen LogP contribution < -0.4 is 10.1 Å². The van der Waals surface area contributed by atoms with Crippen LogP contribution in [-0.2, 0) is 17.6 Å². The van der Waals surface area contributed by atoms with Crippen molar-refractivity contribution < 1.29 is 9.53 Å². The fourth-order valence-corrected chi connectivity index (χ4v) is 4.08. The molecule has 4 heteroatoms. The van der Waals surface area contributed by atoms with Crippen LogP contribution in [0.15, 0.2) is 41.4 Å². The predicted octanol–water partition coefficient (Wildman–Crippen LogP) is 4.14. The van der Waals surface area contributed by atoms with Gasteiger partial charge in [0.1, 0.15) is 11.4 Å². The minimum absolute atomic E-state index is 0.195.